The van der Waals surface area contributed by atoms with Crippen LogP contribution >= 0.6 is 0 Å². The summed E-state index contributed by atoms with van der Waals surface area (Å²) in [4.78, 5) is 11.7. The van der Waals surface area contributed by atoms with Crippen molar-refractivity contribution in [2.45, 2.75) is 71.4 Å². The van der Waals surface area contributed by atoms with Crippen LogP contribution in [0, 0.1) is 0 Å². The van der Waals surface area contributed by atoms with Crippen LogP contribution in [0.5, 0.6) is 5.75 Å². The van der Waals surface area contributed by atoms with Crippen LogP contribution in [0.2, 0.25) is 0 Å². The van der Waals surface area contributed by atoms with Crippen molar-refractivity contribution in [2.75, 3.05) is 6.61 Å². The molecule has 0 amide bonds. The Balaban J connectivity index is 1.91. The number of esters is 1. The Morgan fingerprint density at radius 2 is 1.62 bits per heavy atom. The highest BCUT2D eigenvalue weighted by Crippen LogP contribution is 2.36. The number of ether oxygens (including phenoxy) is 2. The third kappa shape index (κ3) is 4.99. The minimum absolute atomic E-state index is 0.176. The van der Waals surface area contributed by atoms with E-state index in [4.69, 9.17) is 18.8 Å². The molecule has 144 valence electrons. The maximum absolute atomic E-state index is 11.7. The Hall–Kier alpha value is -1.57. The topological polar surface area (TPSA) is 74.2 Å². The summed E-state index contributed by atoms with van der Waals surface area (Å²) in [5.74, 6) is -0.167. The van der Waals surface area contributed by atoms with Gasteiger partial charge in [0, 0.05) is 0 Å². The summed E-state index contributed by atoms with van der Waals surface area (Å²) >= 11 is 0. The zero-order valence-corrected chi connectivity index (χ0v) is 16.7. The molecule has 1 unspecified atom stereocenters. The van der Waals surface area contributed by atoms with E-state index in [0.29, 0.717) is 5.75 Å². The first-order chi connectivity index (χ1) is 11.8. The first-order valence-corrected chi connectivity index (χ1v) is 8.80. The van der Waals surface area contributed by atoms with Crippen LogP contribution in [0.1, 0.15) is 48.5 Å². The normalized spacial score (nSPS) is 19.9. The molecule has 26 heavy (non-hydrogen) atoms. The van der Waals surface area contributed by atoms with Crippen LogP contribution in [0.15, 0.2) is 24.3 Å². The Kier molecular flexibility index (Phi) is 5.76. The van der Waals surface area contributed by atoms with Crippen molar-refractivity contribution < 1.29 is 28.7 Å². The molecule has 0 spiro atoms. The van der Waals surface area contributed by atoms with Gasteiger partial charge in [0.15, 0.2) is 6.10 Å². The second kappa shape index (κ2) is 7.21. The van der Waals surface area contributed by atoms with E-state index in [2.05, 4.69) is 0 Å². The lowest BCUT2D eigenvalue weighted by Gasteiger charge is -2.32. The summed E-state index contributed by atoms with van der Waals surface area (Å²) in [5, 5.41) is 9.85. The molecule has 1 aromatic rings. The van der Waals surface area contributed by atoms with E-state index in [0.717, 1.165) is 5.46 Å². The monoisotopic (exact) mass is 364 g/mol. The van der Waals surface area contributed by atoms with E-state index in [1.165, 1.54) is 0 Å². The van der Waals surface area contributed by atoms with Crippen LogP contribution in [0.25, 0.3) is 0 Å². The van der Waals surface area contributed by atoms with Gasteiger partial charge in [-0.1, -0.05) is 12.1 Å². The van der Waals surface area contributed by atoms with Crippen LogP contribution in [-0.4, -0.2) is 47.7 Å². The number of benzene rings is 1. The molecule has 1 N–H and O–H groups in total. The highest BCUT2D eigenvalue weighted by atomic mass is 16.7. The molecular weight excluding hydrogens is 335 g/mol. The molecule has 0 radical (unpaired) electrons. The first kappa shape index (κ1) is 20.7. The van der Waals surface area contributed by atoms with Crippen molar-refractivity contribution in [2.24, 2.45) is 0 Å². The largest absolute Gasteiger partial charge is 0.494 e. The molecule has 0 aliphatic carbocycles. The van der Waals surface area contributed by atoms with Crippen molar-refractivity contribution in [1.82, 2.24) is 0 Å². The van der Waals surface area contributed by atoms with E-state index in [1.54, 1.807) is 32.9 Å². The molecular formula is C19H29BO6. The van der Waals surface area contributed by atoms with Crippen LogP contribution < -0.4 is 10.2 Å². The molecule has 0 bridgehead atoms. The van der Waals surface area contributed by atoms with Crippen LogP contribution in [0.3, 0.4) is 0 Å². The van der Waals surface area contributed by atoms with Crippen LogP contribution in [-0.2, 0) is 18.8 Å². The van der Waals surface area contributed by atoms with Gasteiger partial charge in [0.1, 0.15) is 18.0 Å². The van der Waals surface area contributed by atoms with Gasteiger partial charge in [-0.2, -0.15) is 0 Å². The number of aliphatic hydroxyl groups excluding tert-OH is 1. The number of hydrogen-bond donors (Lipinski definition) is 1. The van der Waals surface area contributed by atoms with Gasteiger partial charge in [-0.15, -0.1) is 0 Å². The van der Waals surface area contributed by atoms with Gasteiger partial charge in [-0.3, -0.25) is 0 Å². The molecule has 1 aliphatic rings. The molecule has 1 fully saturated rings. The van der Waals surface area contributed by atoms with E-state index in [9.17, 15) is 9.90 Å². The Bertz CT molecular complexity index is 616. The predicted molar refractivity (Wildman–Crippen MR) is 99.5 cm³/mol. The van der Waals surface area contributed by atoms with Gasteiger partial charge >= 0.3 is 13.1 Å². The van der Waals surface area contributed by atoms with Crippen molar-refractivity contribution >= 4 is 18.6 Å². The predicted octanol–water partition coefficient (Wildman–Crippen LogP) is 2.07. The molecule has 7 heteroatoms. The molecule has 6 nitrogen and oxygen atoms in total. The van der Waals surface area contributed by atoms with E-state index < -0.39 is 36.0 Å². The molecule has 1 aliphatic heterocycles. The van der Waals surface area contributed by atoms with Crippen molar-refractivity contribution in [1.29, 1.82) is 0 Å². The highest BCUT2D eigenvalue weighted by Gasteiger charge is 2.51. The minimum Gasteiger partial charge on any atom is -0.490 e. The number of carbonyl (C=O) groups excluding carboxylic acids is 1. The van der Waals surface area contributed by atoms with Crippen molar-refractivity contribution in [3.8, 4) is 5.75 Å². The maximum atomic E-state index is 11.7. The fourth-order valence-electron chi connectivity index (χ4n) is 2.31. The first-order valence-electron chi connectivity index (χ1n) is 8.80. The Morgan fingerprint density at radius 3 is 2.08 bits per heavy atom. The lowest BCUT2D eigenvalue weighted by molar-refractivity contribution is -0.166. The van der Waals surface area contributed by atoms with Gasteiger partial charge in [0.25, 0.3) is 0 Å². The Morgan fingerprint density at radius 1 is 1.12 bits per heavy atom. The zero-order valence-electron chi connectivity index (χ0n) is 16.7. The second-order valence-electron chi connectivity index (χ2n) is 8.52. The number of aliphatic hydroxyl groups is 1. The summed E-state index contributed by atoms with van der Waals surface area (Å²) in [6, 6.07) is 7.19. The maximum Gasteiger partial charge on any atom is 0.494 e. The van der Waals surface area contributed by atoms with E-state index in [1.807, 2.05) is 39.8 Å². The fourth-order valence-corrected chi connectivity index (χ4v) is 2.31. The lowest BCUT2D eigenvalue weighted by atomic mass is 9.79. The molecule has 2 rings (SSSR count). The summed E-state index contributed by atoms with van der Waals surface area (Å²) in [6.45, 7) is 13.1. The molecule has 1 heterocycles. The SMILES string of the molecule is CC(C)(C)OC(=O)C(O)COc1ccc(B2OC(C)(C)C(C)(C)O2)cc1. The summed E-state index contributed by atoms with van der Waals surface area (Å²) in [7, 11) is -0.443. The quantitative estimate of drug-likeness (QED) is 0.637. The molecule has 0 saturated carbocycles. The van der Waals surface area contributed by atoms with Gasteiger partial charge in [0.2, 0.25) is 0 Å². The molecule has 1 saturated heterocycles. The van der Waals surface area contributed by atoms with Crippen LogP contribution in [0.4, 0.5) is 0 Å². The van der Waals surface area contributed by atoms with Gasteiger partial charge in [-0.25, -0.2) is 4.79 Å². The molecule has 1 atom stereocenters. The molecule has 1 aromatic carbocycles. The van der Waals surface area contributed by atoms with Gasteiger partial charge in [0.05, 0.1) is 11.2 Å². The van der Waals surface area contributed by atoms with Crippen molar-refractivity contribution in [3.63, 3.8) is 0 Å². The van der Waals surface area contributed by atoms with E-state index in [-0.39, 0.29) is 6.61 Å². The second-order valence-corrected chi connectivity index (χ2v) is 8.52. The smallest absolute Gasteiger partial charge is 0.490 e. The average molecular weight is 364 g/mol. The van der Waals surface area contributed by atoms with E-state index >= 15 is 0 Å². The standard InChI is InChI=1S/C19H29BO6/c1-17(2,3)24-16(22)15(21)12-23-14-10-8-13(9-11-14)20-25-18(4,5)19(6,7)26-20/h8-11,15,21H,12H2,1-7H3. The van der Waals surface area contributed by atoms with Gasteiger partial charge in [-0.05, 0) is 66.1 Å². The number of carbonyl (C=O) groups is 1. The highest BCUT2D eigenvalue weighted by molar-refractivity contribution is 6.62. The number of hydrogen-bond acceptors (Lipinski definition) is 6. The summed E-state index contributed by atoms with van der Waals surface area (Å²) < 4.78 is 22.6. The third-order valence-electron chi connectivity index (χ3n) is 4.49. The minimum atomic E-state index is -1.34. The zero-order chi connectivity index (χ0) is 19.8. The van der Waals surface area contributed by atoms with Crippen molar-refractivity contribution in [3.05, 3.63) is 24.3 Å². The average Bonchev–Trinajstić information content (AvgIpc) is 2.72. The lowest BCUT2D eigenvalue weighted by Crippen LogP contribution is -2.41. The Labute approximate surface area is 155 Å². The summed E-state index contributed by atoms with van der Waals surface area (Å²) in [6.07, 6.45) is -1.34. The number of rotatable bonds is 5. The summed E-state index contributed by atoms with van der Waals surface area (Å²) in [5.41, 5.74) is -0.569. The third-order valence-corrected chi connectivity index (χ3v) is 4.49. The molecule has 0 aromatic heterocycles. The van der Waals surface area contributed by atoms with Gasteiger partial charge < -0.3 is 23.9 Å². The fraction of sp³-hybridized carbons (Fsp3) is 0.632.